The first-order valence-corrected chi connectivity index (χ1v) is 9.02. The molecule has 0 aliphatic heterocycles. The fraction of sp³-hybridized carbons (Fsp3) is 0.0435. The van der Waals surface area contributed by atoms with Gasteiger partial charge in [-0.3, -0.25) is 15.1 Å². The van der Waals surface area contributed by atoms with Crippen LogP contribution in [0.5, 0.6) is 0 Å². The zero-order valence-electron chi connectivity index (χ0n) is 15.6. The summed E-state index contributed by atoms with van der Waals surface area (Å²) >= 11 is 0. The Morgan fingerprint density at radius 2 is 1.86 bits per heavy atom. The molecule has 0 aliphatic carbocycles. The van der Waals surface area contributed by atoms with Gasteiger partial charge in [-0.1, -0.05) is 24.3 Å². The molecule has 0 atom stereocenters. The fourth-order valence-corrected chi connectivity index (χ4v) is 2.91. The lowest BCUT2D eigenvalue weighted by Gasteiger charge is -1.98. The molecule has 0 saturated carbocycles. The monoisotopic (exact) mass is 383 g/mol. The van der Waals surface area contributed by atoms with Crippen molar-refractivity contribution >= 4 is 34.8 Å². The third kappa shape index (κ3) is 4.11. The Labute approximate surface area is 167 Å². The van der Waals surface area contributed by atoms with E-state index in [9.17, 15) is 10.1 Å². The Morgan fingerprint density at radius 3 is 2.62 bits per heavy atom. The zero-order valence-corrected chi connectivity index (χ0v) is 15.6. The van der Waals surface area contributed by atoms with Gasteiger partial charge in [-0.2, -0.15) is 0 Å². The number of allylic oxidation sites excluding steroid dienone is 1. The van der Waals surface area contributed by atoms with Gasteiger partial charge in [-0.15, -0.1) is 0 Å². The molecule has 4 aromatic rings. The predicted octanol–water partition coefficient (Wildman–Crippen LogP) is 6.13. The Balaban J connectivity index is 1.51. The number of aromatic nitrogens is 1. The number of fused-ring (bicyclic) bond motifs is 1. The molecule has 0 fully saturated rings. The topological polar surface area (TPSA) is 81.5 Å². The molecule has 0 amide bonds. The lowest BCUT2D eigenvalue weighted by molar-refractivity contribution is -0.384. The van der Waals surface area contributed by atoms with Gasteiger partial charge in [0.15, 0.2) is 5.58 Å². The molecule has 1 heterocycles. The molecule has 3 aromatic carbocycles. The van der Waals surface area contributed by atoms with Crippen molar-refractivity contribution in [3.63, 3.8) is 0 Å². The first-order chi connectivity index (χ1) is 14.1. The summed E-state index contributed by atoms with van der Waals surface area (Å²) in [6.45, 7) is 2.02. The molecule has 0 bridgehead atoms. The van der Waals surface area contributed by atoms with Crippen LogP contribution in [0.2, 0.25) is 0 Å². The molecule has 142 valence electrons. The number of benzene rings is 3. The average molecular weight is 383 g/mol. The molecule has 0 saturated heterocycles. The summed E-state index contributed by atoms with van der Waals surface area (Å²) in [6.07, 6.45) is 5.29. The number of hydrogen-bond donors (Lipinski definition) is 0. The van der Waals surface area contributed by atoms with E-state index in [1.54, 1.807) is 24.4 Å². The van der Waals surface area contributed by atoms with E-state index in [-0.39, 0.29) is 5.69 Å². The second-order valence-corrected chi connectivity index (χ2v) is 6.47. The van der Waals surface area contributed by atoms with Gasteiger partial charge in [-0.25, -0.2) is 4.98 Å². The highest BCUT2D eigenvalue weighted by molar-refractivity contribution is 5.84. The summed E-state index contributed by atoms with van der Waals surface area (Å²) in [6, 6.07) is 19.9. The summed E-state index contributed by atoms with van der Waals surface area (Å²) in [4.78, 5) is 19.3. The lowest BCUT2D eigenvalue weighted by atomic mass is 10.1. The van der Waals surface area contributed by atoms with Crippen LogP contribution in [0.1, 0.15) is 11.1 Å². The van der Waals surface area contributed by atoms with Gasteiger partial charge in [0, 0.05) is 23.9 Å². The summed E-state index contributed by atoms with van der Waals surface area (Å²) in [5.41, 5.74) is 5.23. The van der Waals surface area contributed by atoms with E-state index in [1.165, 1.54) is 12.1 Å². The third-order valence-corrected chi connectivity index (χ3v) is 4.45. The van der Waals surface area contributed by atoms with E-state index < -0.39 is 4.92 Å². The Hall–Kier alpha value is -4.06. The van der Waals surface area contributed by atoms with Crippen molar-refractivity contribution in [2.24, 2.45) is 4.99 Å². The summed E-state index contributed by atoms with van der Waals surface area (Å²) in [5, 5.41) is 10.7. The van der Waals surface area contributed by atoms with Gasteiger partial charge < -0.3 is 4.42 Å². The minimum atomic E-state index is -0.417. The molecular weight excluding hydrogens is 366 g/mol. The van der Waals surface area contributed by atoms with E-state index in [1.807, 2.05) is 55.5 Å². The van der Waals surface area contributed by atoms with E-state index in [0.29, 0.717) is 11.5 Å². The lowest BCUT2D eigenvalue weighted by Crippen LogP contribution is -1.86. The van der Waals surface area contributed by atoms with Crippen LogP contribution in [0, 0.1) is 17.0 Å². The van der Waals surface area contributed by atoms with E-state index >= 15 is 0 Å². The van der Waals surface area contributed by atoms with Crippen molar-refractivity contribution in [1.29, 1.82) is 0 Å². The second kappa shape index (κ2) is 7.90. The molecular formula is C23H17N3O3. The number of aliphatic imine (C=N–C) groups is 1. The third-order valence-electron chi connectivity index (χ3n) is 4.45. The van der Waals surface area contributed by atoms with E-state index in [4.69, 9.17) is 4.42 Å². The van der Waals surface area contributed by atoms with Crippen LogP contribution in [-0.4, -0.2) is 16.1 Å². The van der Waals surface area contributed by atoms with Gasteiger partial charge >= 0.3 is 0 Å². The van der Waals surface area contributed by atoms with Crippen molar-refractivity contribution in [1.82, 2.24) is 4.98 Å². The maximum absolute atomic E-state index is 10.7. The Bertz CT molecular complexity index is 1240. The molecule has 29 heavy (non-hydrogen) atoms. The molecule has 6 nitrogen and oxygen atoms in total. The Kier molecular flexibility index (Phi) is 4.99. The summed E-state index contributed by atoms with van der Waals surface area (Å²) in [5.74, 6) is 0.595. The molecule has 1 aromatic heterocycles. The quantitative estimate of drug-likeness (QED) is 0.236. The minimum absolute atomic E-state index is 0.0711. The van der Waals surface area contributed by atoms with Crippen molar-refractivity contribution in [2.45, 2.75) is 6.92 Å². The maximum atomic E-state index is 10.7. The normalized spacial score (nSPS) is 11.6. The highest BCUT2D eigenvalue weighted by Gasteiger charge is 2.10. The van der Waals surface area contributed by atoms with Gasteiger partial charge in [0.1, 0.15) is 5.52 Å². The number of oxazole rings is 1. The zero-order chi connectivity index (χ0) is 20.2. The van der Waals surface area contributed by atoms with E-state index in [2.05, 4.69) is 9.98 Å². The van der Waals surface area contributed by atoms with Crippen LogP contribution in [-0.2, 0) is 0 Å². The molecule has 0 unspecified atom stereocenters. The number of nitrogens with zero attached hydrogens (tertiary/aromatic N) is 3. The van der Waals surface area contributed by atoms with Gasteiger partial charge in [0.25, 0.3) is 5.69 Å². The molecule has 0 aliphatic rings. The van der Waals surface area contributed by atoms with Crippen LogP contribution in [0.25, 0.3) is 28.6 Å². The first-order valence-electron chi connectivity index (χ1n) is 9.02. The molecule has 0 N–H and O–H groups in total. The fourth-order valence-electron chi connectivity index (χ4n) is 2.91. The standard InChI is InChI=1S/C23H17N3O3/c1-16-5-2-3-7-20(16)23-25-21-15-18(10-13-22(21)29-23)24-14-4-6-17-8-11-19(12-9-17)26(27)28/h2-15H,1H3/b6-4+,24-14?. The number of hydrogen-bond acceptors (Lipinski definition) is 5. The van der Waals surface area contributed by atoms with Crippen molar-refractivity contribution < 1.29 is 9.34 Å². The average Bonchev–Trinajstić information content (AvgIpc) is 3.15. The SMILES string of the molecule is Cc1ccccc1-c1nc2cc(N=C/C=C/c3ccc([N+](=O)[O-])cc3)ccc2o1. The molecule has 0 spiro atoms. The summed E-state index contributed by atoms with van der Waals surface area (Å²) in [7, 11) is 0. The van der Waals surface area contributed by atoms with Crippen molar-refractivity contribution in [2.75, 3.05) is 0 Å². The number of rotatable bonds is 5. The minimum Gasteiger partial charge on any atom is -0.436 e. The number of nitro groups is 1. The van der Waals surface area contributed by atoms with Crippen LogP contribution in [0.4, 0.5) is 11.4 Å². The predicted molar refractivity (Wildman–Crippen MR) is 114 cm³/mol. The maximum Gasteiger partial charge on any atom is 0.269 e. The highest BCUT2D eigenvalue weighted by atomic mass is 16.6. The van der Waals surface area contributed by atoms with E-state index in [0.717, 1.165) is 27.9 Å². The van der Waals surface area contributed by atoms with Crippen LogP contribution < -0.4 is 0 Å². The number of nitro benzene ring substituents is 1. The van der Waals surface area contributed by atoms with Crippen molar-refractivity contribution in [3.05, 3.63) is 94.0 Å². The smallest absolute Gasteiger partial charge is 0.269 e. The highest BCUT2D eigenvalue weighted by Crippen LogP contribution is 2.28. The van der Waals surface area contributed by atoms with Crippen LogP contribution in [0.3, 0.4) is 0 Å². The Morgan fingerprint density at radius 1 is 1.07 bits per heavy atom. The van der Waals surface area contributed by atoms with Crippen molar-refractivity contribution in [3.8, 4) is 11.5 Å². The van der Waals surface area contributed by atoms with Gasteiger partial charge in [0.05, 0.1) is 10.6 Å². The molecule has 0 radical (unpaired) electrons. The molecule has 6 heteroatoms. The van der Waals surface area contributed by atoms with Gasteiger partial charge in [0.2, 0.25) is 5.89 Å². The number of non-ortho nitro benzene ring substituents is 1. The second-order valence-electron chi connectivity index (χ2n) is 6.47. The number of aryl methyl sites for hydroxylation is 1. The van der Waals surface area contributed by atoms with Crippen LogP contribution >= 0.6 is 0 Å². The largest absolute Gasteiger partial charge is 0.436 e. The molecule has 4 rings (SSSR count). The first kappa shape index (κ1) is 18.3. The van der Waals surface area contributed by atoms with Crippen LogP contribution in [0.15, 0.2) is 82.2 Å². The summed E-state index contributed by atoms with van der Waals surface area (Å²) < 4.78 is 5.87. The van der Waals surface area contributed by atoms with Gasteiger partial charge in [-0.05, 0) is 60.5 Å².